The van der Waals surface area contributed by atoms with E-state index < -0.39 is 0 Å². The molecule has 0 aliphatic heterocycles. The monoisotopic (exact) mass is 357 g/mol. The zero-order valence-corrected chi connectivity index (χ0v) is 14.3. The summed E-state index contributed by atoms with van der Waals surface area (Å²) in [4.78, 5) is 18.2. The molecule has 9 heteroatoms. The molecule has 0 saturated carbocycles. The molecule has 128 valence electrons. The van der Waals surface area contributed by atoms with E-state index in [0.717, 1.165) is 12.8 Å². The van der Waals surface area contributed by atoms with Crippen LogP contribution in [0.4, 0.5) is 11.5 Å². The number of aromatic nitrogens is 6. The van der Waals surface area contributed by atoms with Gasteiger partial charge in [-0.2, -0.15) is 10.2 Å². The van der Waals surface area contributed by atoms with Crippen LogP contribution in [0.25, 0.3) is 5.82 Å². The van der Waals surface area contributed by atoms with E-state index in [1.807, 2.05) is 13.0 Å². The summed E-state index contributed by atoms with van der Waals surface area (Å²) in [6.07, 6.45) is 5.27. The summed E-state index contributed by atoms with van der Waals surface area (Å²) in [6, 6.07) is 6.91. The molecule has 0 fully saturated rings. The van der Waals surface area contributed by atoms with Crippen LogP contribution < -0.4 is 5.32 Å². The third-order valence-corrected chi connectivity index (χ3v) is 3.59. The van der Waals surface area contributed by atoms with Crippen molar-refractivity contribution in [1.29, 1.82) is 0 Å². The second kappa shape index (κ2) is 7.80. The second-order valence-corrected chi connectivity index (χ2v) is 5.67. The first-order chi connectivity index (χ1) is 12.2. The van der Waals surface area contributed by atoms with Crippen LogP contribution in [-0.2, 0) is 0 Å². The van der Waals surface area contributed by atoms with Crippen LogP contribution in [0.3, 0.4) is 0 Å². The van der Waals surface area contributed by atoms with Crippen LogP contribution in [0.2, 0.25) is 5.15 Å². The van der Waals surface area contributed by atoms with Crippen molar-refractivity contribution in [3.05, 3.63) is 47.5 Å². The fraction of sp³-hybridized carbons (Fsp3) is 0.250. The van der Waals surface area contributed by atoms with Crippen molar-refractivity contribution in [2.75, 3.05) is 5.32 Å². The Morgan fingerprint density at radius 3 is 2.80 bits per heavy atom. The molecule has 0 saturated heterocycles. The molecule has 8 nitrogen and oxygen atoms in total. The SMILES string of the molecule is CCCCC(=O)c1nnc(Cl)cc1Nc1cccc(-n2nccn2)n1. The first-order valence-electron chi connectivity index (χ1n) is 7.84. The Morgan fingerprint density at radius 2 is 2.04 bits per heavy atom. The highest BCUT2D eigenvalue weighted by molar-refractivity contribution is 6.29. The van der Waals surface area contributed by atoms with E-state index in [1.54, 1.807) is 30.6 Å². The van der Waals surface area contributed by atoms with Crippen molar-refractivity contribution < 1.29 is 4.79 Å². The van der Waals surface area contributed by atoms with E-state index in [-0.39, 0.29) is 16.6 Å². The van der Waals surface area contributed by atoms with Gasteiger partial charge in [0.1, 0.15) is 5.82 Å². The largest absolute Gasteiger partial charge is 0.338 e. The lowest BCUT2D eigenvalue weighted by molar-refractivity contribution is 0.0975. The summed E-state index contributed by atoms with van der Waals surface area (Å²) in [5.74, 6) is 0.976. The summed E-state index contributed by atoms with van der Waals surface area (Å²) in [5.41, 5.74) is 0.724. The first-order valence-corrected chi connectivity index (χ1v) is 8.22. The van der Waals surface area contributed by atoms with Crippen molar-refractivity contribution in [1.82, 2.24) is 30.2 Å². The van der Waals surface area contributed by atoms with Crippen LogP contribution in [0.5, 0.6) is 0 Å². The number of hydrogen-bond donors (Lipinski definition) is 1. The Morgan fingerprint density at radius 1 is 1.24 bits per heavy atom. The molecule has 25 heavy (non-hydrogen) atoms. The number of nitrogens with zero attached hydrogens (tertiary/aromatic N) is 6. The molecule has 0 aromatic carbocycles. The number of carbonyl (C=O) groups is 1. The van der Waals surface area contributed by atoms with Gasteiger partial charge in [0.2, 0.25) is 0 Å². The minimum Gasteiger partial charge on any atom is -0.338 e. The molecular weight excluding hydrogens is 342 g/mol. The van der Waals surface area contributed by atoms with E-state index in [1.165, 1.54) is 4.80 Å². The van der Waals surface area contributed by atoms with Gasteiger partial charge in [0, 0.05) is 12.5 Å². The second-order valence-electron chi connectivity index (χ2n) is 5.28. The Labute approximate surface area is 149 Å². The average Bonchev–Trinajstić information content (AvgIpc) is 3.15. The lowest BCUT2D eigenvalue weighted by Crippen LogP contribution is -2.09. The zero-order chi connectivity index (χ0) is 17.6. The third kappa shape index (κ3) is 4.16. The van der Waals surface area contributed by atoms with E-state index in [4.69, 9.17) is 11.6 Å². The molecule has 3 rings (SSSR count). The Bertz CT molecular complexity index is 867. The highest BCUT2D eigenvalue weighted by atomic mass is 35.5. The predicted octanol–water partition coefficient (Wildman–Crippen LogP) is 3.22. The quantitative estimate of drug-likeness (QED) is 0.648. The summed E-state index contributed by atoms with van der Waals surface area (Å²) in [6.45, 7) is 2.03. The summed E-state index contributed by atoms with van der Waals surface area (Å²) < 4.78 is 0. The molecule has 0 aliphatic carbocycles. The highest BCUT2D eigenvalue weighted by Crippen LogP contribution is 2.22. The van der Waals surface area contributed by atoms with Gasteiger partial charge in [-0.25, -0.2) is 4.98 Å². The van der Waals surface area contributed by atoms with Gasteiger partial charge in [-0.15, -0.1) is 15.0 Å². The number of halogens is 1. The molecule has 1 N–H and O–H groups in total. The standard InChI is InChI=1S/C16H16ClN7O/c1-2-3-5-12(25)16-11(10-13(17)22-23-16)20-14-6-4-7-15(21-14)24-18-8-9-19-24/h4,6-10H,2-3,5H2,1H3,(H,20,21,22). The average molecular weight is 358 g/mol. The van der Waals surface area contributed by atoms with Gasteiger partial charge in [0.05, 0.1) is 18.1 Å². The Kier molecular flexibility index (Phi) is 5.30. The van der Waals surface area contributed by atoms with Crippen molar-refractivity contribution in [2.24, 2.45) is 0 Å². The van der Waals surface area contributed by atoms with E-state index in [2.05, 4.69) is 30.7 Å². The van der Waals surface area contributed by atoms with Gasteiger partial charge in [0.15, 0.2) is 22.4 Å². The highest BCUT2D eigenvalue weighted by Gasteiger charge is 2.15. The minimum atomic E-state index is -0.0848. The predicted molar refractivity (Wildman–Crippen MR) is 93.3 cm³/mol. The lowest BCUT2D eigenvalue weighted by atomic mass is 10.1. The molecule has 3 heterocycles. The Hall–Kier alpha value is -2.87. The van der Waals surface area contributed by atoms with Crippen LogP contribution >= 0.6 is 11.6 Å². The molecule has 0 radical (unpaired) electrons. The first kappa shape index (κ1) is 17.0. The lowest BCUT2D eigenvalue weighted by Gasteiger charge is -2.10. The van der Waals surface area contributed by atoms with Gasteiger partial charge >= 0.3 is 0 Å². The Balaban J connectivity index is 1.88. The molecule has 0 atom stereocenters. The van der Waals surface area contributed by atoms with Gasteiger partial charge in [-0.3, -0.25) is 4.79 Å². The van der Waals surface area contributed by atoms with Crippen molar-refractivity contribution >= 4 is 28.9 Å². The molecule has 3 aromatic rings. The van der Waals surface area contributed by atoms with Gasteiger partial charge < -0.3 is 5.32 Å². The van der Waals surface area contributed by atoms with Crippen molar-refractivity contribution in [3.8, 4) is 5.82 Å². The van der Waals surface area contributed by atoms with Crippen molar-refractivity contribution in [3.63, 3.8) is 0 Å². The number of anilines is 2. The summed E-state index contributed by atoms with van der Waals surface area (Å²) >= 11 is 5.94. The number of unbranched alkanes of at least 4 members (excludes halogenated alkanes) is 1. The van der Waals surface area contributed by atoms with Crippen LogP contribution in [0, 0.1) is 0 Å². The van der Waals surface area contributed by atoms with Gasteiger partial charge in [-0.1, -0.05) is 31.0 Å². The molecule has 0 amide bonds. The number of Topliss-reactive ketones (excluding diaryl/α,β-unsaturated/α-hetero) is 1. The topological polar surface area (TPSA) is 98.5 Å². The van der Waals surface area contributed by atoms with Crippen LogP contribution in [0.1, 0.15) is 36.7 Å². The number of nitrogens with one attached hydrogen (secondary N) is 1. The van der Waals surface area contributed by atoms with Crippen molar-refractivity contribution in [2.45, 2.75) is 26.2 Å². The maximum Gasteiger partial charge on any atom is 0.185 e. The number of pyridine rings is 1. The molecule has 0 spiro atoms. The summed E-state index contributed by atoms with van der Waals surface area (Å²) in [5, 5.41) is 19.1. The van der Waals surface area contributed by atoms with Gasteiger partial charge in [-0.05, 0) is 18.6 Å². The fourth-order valence-corrected chi connectivity index (χ4v) is 2.35. The number of carbonyl (C=O) groups excluding carboxylic acids is 1. The van der Waals surface area contributed by atoms with E-state index >= 15 is 0 Å². The number of rotatable bonds is 7. The van der Waals surface area contributed by atoms with E-state index in [9.17, 15) is 4.79 Å². The summed E-state index contributed by atoms with van der Waals surface area (Å²) in [7, 11) is 0. The normalized spacial score (nSPS) is 10.6. The molecule has 0 unspecified atom stereocenters. The molecule has 3 aromatic heterocycles. The number of ketones is 1. The maximum absolute atomic E-state index is 12.3. The molecule has 0 aliphatic rings. The molecular formula is C16H16ClN7O. The van der Waals surface area contributed by atoms with Gasteiger partial charge in [0.25, 0.3) is 0 Å². The smallest absolute Gasteiger partial charge is 0.185 e. The van der Waals surface area contributed by atoms with Crippen LogP contribution in [0.15, 0.2) is 36.7 Å². The fourth-order valence-electron chi connectivity index (χ4n) is 2.20. The maximum atomic E-state index is 12.3. The van der Waals surface area contributed by atoms with Crippen LogP contribution in [-0.4, -0.2) is 36.0 Å². The number of hydrogen-bond acceptors (Lipinski definition) is 7. The minimum absolute atomic E-state index is 0.0848. The third-order valence-electron chi connectivity index (χ3n) is 3.41. The van der Waals surface area contributed by atoms with E-state index in [0.29, 0.717) is 23.7 Å². The molecule has 0 bridgehead atoms. The zero-order valence-electron chi connectivity index (χ0n) is 13.6.